The van der Waals surface area contributed by atoms with Gasteiger partial charge in [-0.1, -0.05) is 19.3 Å². The van der Waals surface area contributed by atoms with E-state index in [1.54, 1.807) is 16.2 Å². The number of aliphatic hydroxyl groups excluding tert-OH is 1. The molecule has 1 aliphatic heterocycles. The summed E-state index contributed by atoms with van der Waals surface area (Å²) in [6, 6.07) is 2.08. The number of nitrogens with zero attached hydrogens (tertiary/aromatic N) is 1. The molecule has 1 aromatic rings. The number of aliphatic hydroxyl groups is 1. The molecule has 2 fully saturated rings. The van der Waals surface area contributed by atoms with Gasteiger partial charge in [0.25, 0.3) is 5.91 Å². The maximum Gasteiger partial charge on any atom is 0.261 e. The predicted octanol–water partition coefficient (Wildman–Crippen LogP) is 2.90. The first kappa shape index (κ1) is 18.9. The van der Waals surface area contributed by atoms with Crippen LogP contribution in [0, 0.1) is 5.41 Å². The number of aryl methyl sites for hydroxylation is 2. The molecule has 5 nitrogen and oxygen atoms in total. The zero-order valence-corrected chi connectivity index (χ0v) is 16.8. The van der Waals surface area contributed by atoms with E-state index in [-0.39, 0.29) is 11.8 Å². The summed E-state index contributed by atoms with van der Waals surface area (Å²) in [5.74, 6) is 0.0799. The fraction of sp³-hybridized carbons (Fsp3) is 0.714. The lowest BCUT2D eigenvalue weighted by molar-refractivity contribution is -0.146. The molecule has 2 N–H and O–H groups in total. The number of rotatable bonds is 4. The molecule has 0 bridgehead atoms. The number of likely N-dealkylation sites (tertiary alicyclic amines) is 1. The van der Waals surface area contributed by atoms with Crippen molar-refractivity contribution >= 4 is 23.2 Å². The second-order valence-electron chi connectivity index (χ2n) is 8.48. The standard InChI is InChI=1S/C21H30N2O3S/c24-16-8-11-23(13-16)20(26)21(9-5-10-21)14-22-19(25)18-12-15-6-3-1-2-4-7-17(15)27-18/h12,16,24H,1-11,13-14H2,(H,22,25). The normalized spacial score (nSPS) is 24.5. The second kappa shape index (κ2) is 7.92. The Kier molecular flexibility index (Phi) is 5.55. The van der Waals surface area contributed by atoms with E-state index in [1.807, 2.05) is 0 Å². The first-order chi connectivity index (χ1) is 13.1. The summed E-state index contributed by atoms with van der Waals surface area (Å²) in [6.07, 6.45) is 10.1. The van der Waals surface area contributed by atoms with Gasteiger partial charge in [-0.25, -0.2) is 0 Å². The quantitative estimate of drug-likeness (QED) is 0.831. The van der Waals surface area contributed by atoms with Crippen molar-refractivity contribution in [2.75, 3.05) is 19.6 Å². The van der Waals surface area contributed by atoms with Gasteiger partial charge in [-0.15, -0.1) is 11.3 Å². The van der Waals surface area contributed by atoms with Gasteiger partial charge in [0.15, 0.2) is 0 Å². The van der Waals surface area contributed by atoms with Gasteiger partial charge >= 0.3 is 0 Å². The molecule has 0 spiro atoms. The maximum absolute atomic E-state index is 12.9. The smallest absolute Gasteiger partial charge is 0.261 e. The van der Waals surface area contributed by atoms with Gasteiger partial charge in [-0.2, -0.15) is 0 Å². The van der Waals surface area contributed by atoms with Crippen LogP contribution < -0.4 is 5.32 Å². The van der Waals surface area contributed by atoms with Gasteiger partial charge in [-0.3, -0.25) is 9.59 Å². The van der Waals surface area contributed by atoms with E-state index in [4.69, 9.17) is 0 Å². The zero-order valence-electron chi connectivity index (χ0n) is 16.0. The lowest BCUT2D eigenvalue weighted by Gasteiger charge is -2.42. The van der Waals surface area contributed by atoms with Crippen molar-refractivity contribution in [3.8, 4) is 0 Å². The molecule has 0 radical (unpaired) electrons. The second-order valence-corrected chi connectivity index (χ2v) is 9.62. The lowest BCUT2D eigenvalue weighted by Crippen LogP contribution is -2.53. The molecular formula is C21H30N2O3S. The number of nitrogens with one attached hydrogen (secondary N) is 1. The molecule has 1 saturated heterocycles. The summed E-state index contributed by atoms with van der Waals surface area (Å²) in [4.78, 5) is 29.6. The third-order valence-electron chi connectivity index (χ3n) is 6.52. The van der Waals surface area contributed by atoms with Gasteiger partial charge in [-0.05, 0) is 56.6 Å². The highest BCUT2D eigenvalue weighted by Crippen LogP contribution is 2.42. The Morgan fingerprint density at radius 1 is 1.19 bits per heavy atom. The average Bonchev–Trinajstić information content (AvgIpc) is 3.20. The average molecular weight is 391 g/mol. The lowest BCUT2D eigenvalue weighted by atomic mass is 9.67. The molecule has 27 heavy (non-hydrogen) atoms. The largest absolute Gasteiger partial charge is 0.391 e. The van der Waals surface area contributed by atoms with Crippen molar-refractivity contribution in [3.05, 3.63) is 21.4 Å². The van der Waals surface area contributed by atoms with E-state index >= 15 is 0 Å². The fourth-order valence-corrected chi connectivity index (χ4v) is 5.79. The van der Waals surface area contributed by atoms with E-state index in [2.05, 4.69) is 11.4 Å². The molecule has 148 valence electrons. The third kappa shape index (κ3) is 3.92. The van der Waals surface area contributed by atoms with Crippen LogP contribution in [0.5, 0.6) is 0 Å². The van der Waals surface area contributed by atoms with Crippen molar-refractivity contribution in [2.24, 2.45) is 5.41 Å². The molecule has 6 heteroatoms. The summed E-state index contributed by atoms with van der Waals surface area (Å²) < 4.78 is 0. The van der Waals surface area contributed by atoms with Crippen LogP contribution in [-0.2, 0) is 17.6 Å². The molecule has 2 amide bonds. The number of hydrogen-bond donors (Lipinski definition) is 2. The van der Waals surface area contributed by atoms with E-state index < -0.39 is 11.5 Å². The number of hydrogen-bond acceptors (Lipinski definition) is 4. The molecule has 3 aliphatic rings. The van der Waals surface area contributed by atoms with Gasteiger partial charge in [0.1, 0.15) is 0 Å². The van der Waals surface area contributed by atoms with E-state index in [0.717, 1.165) is 37.0 Å². The number of amides is 2. The Morgan fingerprint density at radius 3 is 2.63 bits per heavy atom. The van der Waals surface area contributed by atoms with E-state index in [9.17, 15) is 14.7 Å². The molecule has 1 aromatic heterocycles. The molecule has 2 aliphatic carbocycles. The van der Waals surface area contributed by atoms with Crippen LogP contribution in [0.3, 0.4) is 0 Å². The molecule has 1 atom stereocenters. The van der Waals surface area contributed by atoms with Crippen molar-refractivity contribution in [1.82, 2.24) is 10.2 Å². The Bertz CT molecular complexity index is 685. The zero-order chi connectivity index (χ0) is 18.9. The maximum atomic E-state index is 12.9. The number of β-amino-alcohol motifs (C(OH)–C–C–N with tert-alkyl or cyclic N) is 1. The number of carbonyl (C=O) groups excluding carboxylic acids is 2. The van der Waals surface area contributed by atoms with Crippen LogP contribution in [-0.4, -0.2) is 47.6 Å². The minimum Gasteiger partial charge on any atom is -0.391 e. The van der Waals surface area contributed by atoms with Crippen LogP contribution in [0.2, 0.25) is 0 Å². The molecule has 1 saturated carbocycles. The highest BCUT2D eigenvalue weighted by Gasteiger charge is 2.47. The minimum absolute atomic E-state index is 0.0349. The van der Waals surface area contributed by atoms with Crippen molar-refractivity contribution < 1.29 is 14.7 Å². The molecular weight excluding hydrogens is 360 g/mol. The van der Waals surface area contributed by atoms with E-state index in [0.29, 0.717) is 26.1 Å². The third-order valence-corrected chi connectivity index (χ3v) is 7.76. The van der Waals surface area contributed by atoms with Crippen LogP contribution in [0.15, 0.2) is 6.07 Å². The van der Waals surface area contributed by atoms with Gasteiger partial charge in [0.05, 0.1) is 16.4 Å². The van der Waals surface area contributed by atoms with E-state index in [1.165, 1.54) is 36.1 Å². The molecule has 0 aromatic carbocycles. The number of thiophene rings is 1. The fourth-order valence-electron chi connectivity index (χ4n) is 4.62. The topological polar surface area (TPSA) is 69.6 Å². The summed E-state index contributed by atoms with van der Waals surface area (Å²) in [5.41, 5.74) is 0.899. The SMILES string of the molecule is O=C(NCC1(C(=O)N2CCC(O)C2)CCC1)c1cc2c(s1)CCCCCC2. The Labute approximate surface area is 165 Å². The predicted molar refractivity (Wildman–Crippen MR) is 106 cm³/mol. The highest BCUT2D eigenvalue weighted by atomic mass is 32.1. The Morgan fingerprint density at radius 2 is 1.96 bits per heavy atom. The van der Waals surface area contributed by atoms with Crippen molar-refractivity contribution in [2.45, 2.75) is 70.3 Å². The molecule has 1 unspecified atom stereocenters. The first-order valence-electron chi connectivity index (χ1n) is 10.4. The Balaban J connectivity index is 1.39. The van der Waals surface area contributed by atoms with Crippen LogP contribution in [0.1, 0.15) is 71.5 Å². The van der Waals surface area contributed by atoms with Crippen molar-refractivity contribution in [3.63, 3.8) is 0 Å². The number of fused-ring (bicyclic) bond motifs is 1. The molecule has 2 heterocycles. The van der Waals surface area contributed by atoms with Crippen LogP contribution in [0.4, 0.5) is 0 Å². The van der Waals surface area contributed by atoms with Gasteiger partial charge in [0.2, 0.25) is 5.91 Å². The van der Waals surface area contributed by atoms with Crippen LogP contribution in [0.25, 0.3) is 0 Å². The Hall–Kier alpha value is -1.40. The minimum atomic E-state index is -0.453. The summed E-state index contributed by atoms with van der Waals surface area (Å²) in [5, 5.41) is 12.8. The van der Waals surface area contributed by atoms with Gasteiger partial charge < -0.3 is 15.3 Å². The first-order valence-corrected chi connectivity index (χ1v) is 11.3. The van der Waals surface area contributed by atoms with Crippen LogP contribution >= 0.6 is 11.3 Å². The highest BCUT2D eigenvalue weighted by molar-refractivity contribution is 7.14. The summed E-state index contributed by atoms with van der Waals surface area (Å²) in [7, 11) is 0. The summed E-state index contributed by atoms with van der Waals surface area (Å²) >= 11 is 1.64. The molecule has 4 rings (SSSR count). The number of carbonyl (C=O) groups is 2. The summed E-state index contributed by atoms with van der Waals surface area (Å²) in [6.45, 7) is 1.49. The monoisotopic (exact) mass is 390 g/mol. The van der Waals surface area contributed by atoms with Crippen molar-refractivity contribution in [1.29, 1.82) is 0 Å². The van der Waals surface area contributed by atoms with Gasteiger partial charge in [0, 0.05) is 24.5 Å².